The predicted molar refractivity (Wildman–Crippen MR) is 189 cm³/mol. The van der Waals surface area contributed by atoms with Gasteiger partial charge < -0.3 is 19.7 Å². The quantitative estimate of drug-likeness (QED) is 0.234. The number of rotatable bonds is 2. The first-order valence-electron chi connectivity index (χ1n) is 18.7. The fourth-order valence-corrected chi connectivity index (χ4v) is 9.27. The maximum absolute atomic E-state index is 14.7. The zero-order valence-corrected chi connectivity index (χ0v) is 31.3. The van der Waals surface area contributed by atoms with Crippen LogP contribution in [0.5, 0.6) is 0 Å². The molecule has 49 heavy (non-hydrogen) atoms. The highest BCUT2D eigenvalue weighted by Gasteiger charge is 2.60. The van der Waals surface area contributed by atoms with Crippen molar-refractivity contribution in [3.63, 3.8) is 0 Å². The van der Waals surface area contributed by atoms with Gasteiger partial charge in [0.05, 0.1) is 36.4 Å². The van der Waals surface area contributed by atoms with Crippen LogP contribution >= 0.6 is 0 Å². The summed E-state index contributed by atoms with van der Waals surface area (Å²) >= 11 is 0. The number of ether oxygens (including phenoxy) is 2. The van der Waals surface area contributed by atoms with E-state index in [1.807, 2.05) is 47.6 Å². The van der Waals surface area contributed by atoms with Crippen molar-refractivity contribution in [2.24, 2.45) is 40.9 Å². The molecule has 2 bridgehead atoms. The number of esters is 1. The lowest BCUT2D eigenvalue weighted by atomic mass is 9.52. The van der Waals surface area contributed by atoms with E-state index < -0.39 is 46.9 Å². The summed E-state index contributed by atoms with van der Waals surface area (Å²) in [5.41, 5.74) is 0.213. The molecule has 1 saturated carbocycles. The number of carbonyl (C=O) groups is 4. The van der Waals surface area contributed by atoms with Crippen molar-refractivity contribution >= 4 is 23.3 Å². The van der Waals surface area contributed by atoms with Gasteiger partial charge in [0.25, 0.3) is 0 Å². The number of aliphatic hydroxyl groups excluding tert-OH is 1. The first-order chi connectivity index (χ1) is 22.9. The first-order valence-corrected chi connectivity index (χ1v) is 18.7. The van der Waals surface area contributed by atoms with E-state index in [0.29, 0.717) is 31.3 Å². The smallest absolute Gasteiger partial charge is 0.313 e. The summed E-state index contributed by atoms with van der Waals surface area (Å²) in [5.74, 6) is -3.59. The van der Waals surface area contributed by atoms with Crippen molar-refractivity contribution in [3.05, 3.63) is 34.9 Å². The molecule has 4 rings (SSSR count). The molecule has 2 aliphatic carbocycles. The van der Waals surface area contributed by atoms with E-state index in [2.05, 4.69) is 6.58 Å². The van der Waals surface area contributed by atoms with Crippen LogP contribution in [0.3, 0.4) is 0 Å². The average molecular weight is 683 g/mol. The van der Waals surface area contributed by atoms with E-state index in [4.69, 9.17) is 9.47 Å². The summed E-state index contributed by atoms with van der Waals surface area (Å²) < 4.78 is 12.0. The number of hydrogen-bond donors (Lipinski definition) is 2. The van der Waals surface area contributed by atoms with Crippen LogP contribution < -0.4 is 0 Å². The summed E-state index contributed by atoms with van der Waals surface area (Å²) in [5, 5.41) is 24.0. The molecule has 8 nitrogen and oxygen atoms in total. The molecule has 10 atom stereocenters. The second-order valence-electron chi connectivity index (χ2n) is 16.7. The van der Waals surface area contributed by atoms with Crippen LogP contribution in [0.25, 0.3) is 0 Å². The van der Waals surface area contributed by atoms with Gasteiger partial charge in [-0.25, -0.2) is 0 Å². The fraction of sp³-hybridized carbons (Fsp3) is 0.756. The summed E-state index contributed by atoms with van der Waals surface area (Å²) in [4.78, 5) is 57.3. The molecule has 0 aromatic rings. The highest BCUT2D eigenvalue weighted by atomic mass is 16.5. The Hall–Kier alpha value is -2.42. The number of Topliss-reactive ketones (excluding diaryl/α,β-unsaturated/α-hetero) is 3. The number of methoxy groups -OCH3 is 1. The Morgan fingerprint density at radius 3 is 2.35 bits per heavy atom. The summed E-state index contributed by atoms with van der Waals surface area (Å²) in [7, 11) is 1.30. The van der Waals surface area contributed by atoms with Crippen molar-refractivity contribution in [2.75, 3.05) is 7.11 Å². The van der Waals surface area contributed by atoms with Gasteiger partial charge in [-0.3, -0.25) is 19.2 Å². The normalized spacial score (nSPS) is 40.3. The Bertz CT molecular complexity index is 1350. The standard InChI is InChI=1S/C41H62O8/c1-23(2)29-20-32(42)26(5)12-10-11-24(3)18-33(43)30-19-28(7)38-31(41(30,22-34(29)44)39(46)48-9)17-25(4)13-15-36-27(6)14-16-37(49-36)40(8,47)21-35(38)45/h17,23-24,26,29-31,35-37,45,47H,6,10-16,18-22H2,1-5,7-9H3/b25-17-/t24-,26+,29-,30+,31-,35-,36-,37+,40-,41+/m1/s1. The van der Waals surface area contributed by atoms with Gasteiger partial charge in [0, 0.05) is 49.4 Å². The van der Waals surface area contributed by atoms with Crippen molar-refractivity contribution < 1.29 is 38.9 Å². The van der Waals surface area contributed by atoms with Gasteiger partial charge in [-0.1, -0.05) is 64.3 Å². The molecule has 0 unspecified atom stereocenters. The number of allylic oxidation sites excluding steroid dienone is 3. The summed E-state index contributed by atoms with van der Waals surface area (Å²) in [6.07, 6.45) is 5.01. The molecule has 0 spiro atoms. The monoisotopic (exact) mass is 682 g/mol. The lowest BCUT2D eigenvalue weighted by Crippen LogP contribution is -2.55. The molecule has 2 heterocycles. The van der Waals surface area contributed by atoms with Gasteiger partial charge in [0.1, 0.15) is 17.3 Å². The van der Waals surface area contributed by atoms with E-state index >= 15 is 0 Å². The summed E-state index contributed by atoms with van der Waals surface area (Å²) in [6.45, 7) is 17.6. The lowest BCUT2D eigenvalue weighted by molar-refractivity contribution is -0.167. The predicted octanol–water partition coefficient (Wildman–Crippen LogP) is 7.05. The van der Waals surface area contributed by atoms with Crippen LogP contribution in [0, 0.1) is 40.9 Å². The Morgan fingerprint density at radius 1 is 1.00 bits per heavy atom. The highest BCUT2D eigenvalue weighted by Crippen LogP contribution is 2.56. The van der Waals surface area contributed by atoms with Gasteiger partial charge in [-0.2, -0.15) is 0 Å². The number of fused-ring (bicyclic) bond motifs is 5. The van der Waals surface area contributed by atoms with E-state index in [9.17, 15) is 29.4 Å². The maximum atomic E-state index is 14.7. The number of aliphatic hydroxyl groups is 2. The van der Waals surface area contributed by atoms with Gasteiger partial charge in [-0.05, 0) is 82.3 Å². The van der Waals surface area contributed by atoms with Gasteiger partial charge >= 0.3 is 5.97 Å². The van der Waals surface area contributed by atoms with Crippen LogP contribution in [0.4, 0.5) is 0 Å². The second kappa shape index (κ2) is 15.9. The molecule has 0 aromatic carbocycles. The van der Waals surface area contributed by atoms with Crippen LogP contribution in [-0.2, 0) is 28.7 Å². The minimum Gasteiger partial charge on any atom is -0.469 e. The number of carbonyl (C=O) groups excluding carboxylic acids is 4. The van der Waals surface area contributed by atoms with Crippen LogP contribution in [0.1, 0.15) is 126 Å². The summed E-state index contributed by atoms with van der Waals surface area (Å²) in [6, 6.07) is 0. The van der Waals surface area contributed by atoms with Crippen LogP contribution in [-0.4, -0.2) is 64.6 Å². The van der Waals surface area contributed by atoms with Crippen molar-refractivity contribution in [1.82, 2.24) is 0 Å². The van der Waals surface area contributed by atoms with E-state index in [0.717, 1.165) is 36.0 Å². The largest absolute Gasteiger partial charge is 0.469 e. The Balaban J connectivity index is 1.97. The van der Waals surface area contributed by atoms with E-state index in [1.54, 1.807) is 6.92 Å². The van der Waals surface area contributed by atoms with Crippen molar-refractivity contribution in [3.8, 4) is 0 Å². The molecule has 274 valence electrons. The molecular formula is C41H62O8. The topological polar surface area (TPSA) is 127 Å². The van der Waals surface area contributed by atoms with Crippen LogP contribution in [0.15, 0.2) is 34.9 Å². The third-order valence-electron chi connectivity index (χ3n) is 12.4. The van der Waals surface area contributed by atoms with Gasteiger partial charge in [0.15, 0.2) is 0 Å². The maximum Gasteiger partial charge on any atom is 0.313 e. The minimum absolute atomic E-state index is 0.0275. The third-order valence-corrected chi connectivity index (χ3v) is 12.4. The molecule has 1 saturated heterocycles. The van der Waals surface area contributed by atoms with Gasteiger partial charge in [-0.15, -0.1) is 0 Å². The first kappa shape index (κ1) is 39.4. The lowest BCUT2D eigenvalue weighted by Gasteiger charge is -2.50. The van der Waals surface area contributed by atoms with Crippen molar-refractivity contribution in [2.45, 2.75) is 149 Å². The van der Waals surface area contributed by atoms with Gasteiger partial charge in [0.2, 0.25) is 0 Å². The Kier molecular flexibility index (Phi) is 12.7. The molecule has 2 N–H and O–H groups in total. The molecular weight excluding hydrogens is 620 g/mol. The highest BCUT2D eigenvalue weighted by molar-refractivity contribution is 5.97. The third kappa shape index (κ3) is 8.39. The Labute approximate surface area is 294 Å². The molecule has 0 aromatic heterocycles. The zero-order valence-electron chi connectivity index (χ0n) is 31.3. The molecule has 4 aliphatic rings. The minimum atomic E-state index is -1.64. The zero-order chi connectivity index (χ0) is 36.4. The molecule has 0 radical (unpaired) electrons. The number of hydrogen-bond acceptors (Lipinski definition) is 8. The second-order valence-corrected chi connectivity index (χ2v) is 16.7. The Morgan fingerprint density at radius 2 is 1.69 bits per heavy atom. The van der Waals surface area contributed by atoms with E-state index in [-0.39, 0.29) is 73.3 Å². The fourth-order valence-electron chi connectivity index (χ4n) is 9.27. The van der Waals surface area contributed by atoms with Crippen LogP contribution in [0.2, 0.25) is 0 Å². The molecule has 0 amide bonds. The average Bonchev–Trinajstić information content (AvgIpc) is 3.02. The van der Waals surface area contributed by atoms with Crippen molar-refractivity contribution in [1.29, 1.82) is 0 Å². The molecule has 8 heteroatoms. The number of ketones is 3. The molecule has 2 aliphatic heterocycles. The van der Waals surface area contributed by atoms with E-state index in [1.165, 1.54) is 7.11 Å². The SMILES string of the molecule is C=C1CC[C@@H]2O[C@@H]1CC/C(C)=C\[C@@H]1C(=C(C)C[C@H]3C(=O)C[C@H](C)CCC[C@H](C)C(=O)C[C@H](C(C)C)C(=O)C[C@@]13C(=O)OC)[C@H](O)C[C@@]2(C)O. The molecule has 2 fully saturated rings.